The quantitative estimate of drug-likeness (QED) is 0.107. The molecule has 6 aromatic rings. The van der Waals surface area contributed by atoms with Crippen molar-refractivity contribution in [2.24, 2.45) is 17.8 Å². The van der Waals surface area contributed by atoms with E-state index in [-0.39, 0.29) is 37.9 Å². The van der Waals surface area contributed by atoms with E-state index in [4.69, 9.17) is 11.3 Å². The summed E-state index contributed by atoms with van der Waals surface area (Å²) < 4.78 is 49.9. The van der Waals surface area contributed by atoms with E-state index >= 15 is 0 Å². The standard InChI is InChI=1S/C25H27N2O.C18H24GeN.Ir/c1-15(2)13-19-9-10-21-20-7-6-8-22(24(20)28-25(21)27-19)23-14-18(11-12-26-23)17(5)16(3)4;1-14(2)11-16-12-18(15-9-7-6-8-10-15)20-13-17(16)19(3,4)5;/h6-7,9-12,14-17H,13H2,1-5H3;6-9,12-14H,11H2,1-5H3;/q2*-1;/i13D2,17D;11D2;. The van der Waals surface area contributed by atoms with Crippen LogP contribution in [-0.2, 0) is 32.9 Å². The van der Waals surface area contributed by atoms with Gasteiger partial charge in [-0.3, -0.25) is 0 Å². The van der Waals surface area contributed by atoms with Crippen molar-refractivity contribution in [2.45, 2.75) is 84.4 Å². The van der Waals surface area contributed by atoms with Gasteiger partial charge in [0, 0.05) is 41.5 Å². The molecule has 4 nitrogen and oxygen atoms in total. The van der Waals surface area contributed by atoms with Crippen molar-refractivity contribution in [1.29, 1.82) is 0 Å². The van der Waals surface area contributed by atoms with Gasteiger partial charge in [0.25, 0.3) is 0 Å². The van der Waals surface area contributed by atoms with E-state index in [0.29, 0.717) is 28.2 Å². The molecule has 0 N–H and O–H groups in total. The van der Waals surface area contributed by atoms with E-state index in [2.05, 4.69) is 44.4 Å². The monoisotopic (exact) mass is 897 g/mol. The molecular weight excluding hydrogens is 839 g/mol. The van der Waals surface area contributed by atoms with Gasteiger partial charge in [-0.25, -0.2) is 4.98 Å². The molecule has 0 spiro atoms. The number of furan rings is 1. The summed E-state index contributed by atoms with van der Waals surface area (Å²) in [5.74, 6) is 5.97. The number of pyridine rings is 3. The van der Waals surface area contributed by atoms with Gasteiger partial charge in [0.2, 0.25) is 5.71 Å². The van der Waals surface area contributed by atoms with Gasteiger partial charge in [-0.05, 0) is 48.0 Å². The first kappa shape index (κ1) is 31.8. The minimum absolute atomic E-state index is 0. The molecule has 6 rings (SSSR count). The van der Waals surface area contributed by atoms with Crippen molar-refractivity contribution in [1.82, 2.24) is 15.0 Å². The van der Waals surface area contributed by atoms with Gasteiger partial charge in [-0.2, -0.15) is 0 Å². The Morgan fingerprint density at radius 1 is 0.816 bits per heavy atom. The molecule has 49 heavy (non-hydrogen) atoms. The average Bonchev–Trinajstić information content (AvgIpc) is 3.50. The molecule has 4 aromatic heterocycles. The van der Waals surface area contributed by atoms with Crippen LogP contribution in [0.5, 0.6) is 0 Å². The Labute approximate surface area is 317 Å². The summed E-state index contributed by atoms with van der Waals surface area (Å²) in [7, 11) is 0. The number of fused-ring (bicyclic) bond motifs is 3. The predicted molar refractivity (Wildman–Crippen MR) is 205 cm³/mol. The second kappa shape index (κ2) is 16.7. The summed E-state index contributed by atoms with van der Waals surface area (Å²) in [6.07, 6.45) is 0.738. The van der Waals surface area contributed by atoms with Gasteiger partial charge in [-0.15, -0.1) is 18.2 Å². The van der Waals surface area contributed by atoms with Crippen LogP contribution in [0.2, 0.25) is 17.3 Å². The summed E-state index contributed by atoms with van der Waals surface area (Å²) in [4.78, 5) is 13.6. The van der Waals surface area contributed by atoms with Gasteiger partial charge in [0.05, 0.1) is 5.58 Å². The zero-order valence-corrected chi connectivity index (χ0v) is 34.8. The molecule has 0 aliphatic rings. The van der Waals surface area contributed by atoms with E-state index < -0.39 is 31.9 Å². The number of hydrogen-bond donors (Lipinski definition) is 0. The Hall–Kier alpha value is -3.12. The molecule has 1 unspecified atom stereocenters. The first-order valence-electron chi connectivity index (χ1n) is 19.4. The van der Waals surface area contributed by atoms with Crippen molar-refractivity contribution in [2.75, 3.05) is 0 Å². The molecule has 0 fully saturated rings. The Morgan fingerprint density at radius 3 is 2.22 bits per heavy atom. The normalized spacial score (nSPS) is 15.1. The van der Waals surface area contributed by atoms with E-state index in [1.807, 2.05) is 115 Å². The molecule has 259 valence electrons. The van der Waals surface area contributed by atoms with Gasteiger partial charge in [0.1, 0.15) is 0 Å². The Morgan fingerprint density at radius 2 is 1.57 bits per heavy atom. The molecule has 1 atom stereocenters. The molecule has 6 heteroatoms. The molecule has 0 saturated heterocycles. The zero-order chi connectivity index (χ0) is 39.1. The van der Waals surface area contributed by atoms with Crippen molar-refractivity contribution < 1.29 is 31.4 Å². The fourth-order valence-corrected chi connectivity index (χ4v) is 8.46. The molecule has 1 radical (unpaired) electrons. The molecular formula is C43H51GeIrN3O-2. The molecule has 0 aliphatic carbocycles. The molecule has 4 heterocycles. The largest absolute Gasteiger partial charge is 0.486 e. The minimum Gasteiger partial charge on any atom is -0.486 e. The molecule has 0 saturated carbocycles. The van der Waals surface area contributed by atoms with Crippen molar-refractivity contribution in [3.05, 3.63) is 108 Å². The summed E-state index contributed by atoms with van der Waals surface area (Å²) in [6, 6.07) is 27.3. The molecule has 2 aromatic carbocycles. The van der Waals surface area contributed by atoms with E-state index in [1.165, 1.54) is 0 Å². The van der Waals surface area contributed by atoms with Gasteiger partial charge < -0.3 is 9.40 Å². The predicted octanol–water partition coefficient (Wildman–Crippen LogP) is 11.1. The van der Waals surface area contributed by atoms with Crippen LogP contribution in [0, 0.1) is 29.9 Å². The maximum atomic E-state index is 8.74. The van der Waals surface area contributed by atoms with Gasteiger partial charge in [-0.1, -0.05) is 57.2 Å². The third-order valence-corrected chi connectivity index (χ3v) is 12.4. The second-order valence-electron chi connectivity index (χ2n) is 14.3. The van der Waals surface area contributed by atoms with Crippen LogP contribution in [0.3, 0.4) is 0 Å². The maximum Gasteiger partial charge on any atom is 0.216 e. The summed E-state index contributed by atoms with van der Waals surface area (Å²) in [5, 5.41) is 1.72. The summed E-state index contributed by atoms with van der Waals surface area (Å²) >= 11 is -2.20. The van der Waals surface area contributed by atoms with Crippen molar-refractivity contribution >= 4 is 39.7 Å². The number of rotatable bonds is 9. The van der Waals surface area contributed by atoms with Crippen LogP contribution >= 0.6 is 0 Å². The van der Waals surface area contributed by atoms with Crippen LogP contribution < -0.4 is 4.40 Å². The summed E-state index contributed by atoms with van der Waals surface area (Å²) in [5.41, 5.74) is 6.21. The smallest absolute Gasteiger partial charge is 0.216 e. The van der Waals surface area contributed by atoms with Gasteiger partial charge in [0.15, 0.2) is 0 Å². The van der Waals surface area contributed by atoms with Crippen LogP contribution in [-0.4, -0.2) is 28.2 Å². The minimum atomic E-state index is -2.20. The molecule has 0 bridgehead atoms. The van der Waals surface area contributed by atoms with Gasteiger partial charge >= 0.3 is 128 Å². The van der Waals surface area contributed by atoms with Crippen LogP contribution in [0.25, 0.3) is 44.6 Å². The first-order valence-corrected chi connectivity index (χ1v) is 24.2. The van der Waals surface area contributed by atoms with Crippen molar-refractivity contribution in [3.8, 4) is 22.5 Å². The van der Waals surface area contributed by atoms with E-state index in [1.54, 1.807) is 12.3 Å². The maximum absolute atomic E-state index is 8.74. The second-order valence-corrected chi connectivity index (χ2v) is 24.8. The Balaban J connectivity index is 0.000000250. The summed E-state index contributed by atoms with van der Waals surface area (Å²) in [6.45, 7) is 13.6. The fourth-order valence-electron chi connectivity index (χ4n) is 5.52. The zero-order valence-electron chi connectivity index (χ0n) is 35.3. The third kappa shape index (κ3) is 9.57. The number of hydrogen-bond acceptors (Lipinski definition) is 4. The molecule has 0 amide bonds. The Bertz CT molecular complexity index is 2210. The molecule has 0 aliphatic heterocycles. The SMILES string of the molecule is [2H]C([2H])(c1cc(-c2[c-]cccc2)nc[c]1[Ge]([CH3])([CH3])[CH3])C(C)C.[2H]C([2H])(c1ccc2c(n1)oc1c(-c3cc(C([2H])(C)C(C)C)ccn3)[c-]ccc12)C(C)C.[Ir]. The number of nitrogens with zero attached hydrogens (tertiary/aromatic N) is 3. The van der Waals surface area contributed by atoms with Crippen molar-refractivity contribution in [3.63, 3.8) is 0 Å². The van der Waals surface area contributed by atoms with E-state index in [9.17, 15) is 0 Å². The average molecular weight is 896 g/mol. The van der Waals surface area contributed by atoms with Crippen LogP contribution in [0.15, 0.2) is 83.5 Å². The topological polar surface area (TPSA) is 51.8 Å². The van der Waals surface area contributed by atoms with Crippen LogP contribution in [0.1, 0.15) is 78.0 Å². The number of aromatic nitrogens is 3. The fraction of sp³-hybridized carbons (Fsp3) is 0.372. The van der Waals surface area contributed by atoms with Crippen LogP contribution in [0.4, 0.5) is 0 Å². The first-order chi connectivity index (χ1) is 24.7. The third-order valence-electron chi connectivity index (χ3n) is 8.21. The number of benzene rings is 2. The van der Waals surface area contributed by atoms with E-state index in [0.717, 1.165) is 37.6 Å². The Kier molecular flexibility index (Phi) is 10.9.